The van der Waals surface area contributed by atoms with Crippen molar-refractivity contribution in [2.24, 2.45) is 122 Å². The van der Waals surface area contributed by atoms with Crippen LogP contribution in [0.3, 0.4) is 0 Å². The van der Waals surface area contributed by atoms with Crippen molar-refractivity contribution in [2.45, 2.75) is 379 Å². The van der Waals surface area contributed by atoms with Gasteiger partial charge in [-0.2, -0.15) is 0 Å². The van der Waals surface area contributed by atoms with Crippen LogP contribution in [0.4, 0.5) is 11.4 Å². The molecule has 6 N–H and O–H groups in total. The number of rotatable bonds is 25. The summed E-state index contributed by atoms with van der Waals surface area (Å²) in [6.45, 7) is 80.1. The molecule has 737 valence electrons. The van der Waals surface area contributed by atoms with Crippen LogP contribution in [0.2, 0.25) is 0 Å². The molecule has 3 aliphatic heterocycles. The first-order valence-corrected chi connectivity index (χ1v) is 57.8. The Morgan fingerprint density at radius 2 is 0.842 bits per heavy atom. The first-order chi connectivity index (χ1) is 60.4. The van der Waals surface area contributed by atoms with Crippen LogP contribution in [0.15, 0.2) is 125 Å². The Bertz CT molecular complexity index is 4070. The summed E-state index contributed by atoms with van der Waals surface area (Å²) in [5, 5.41) is 14.0. The molecule has 12 fully saturated rings. The Balaban J connectivity index is 0.000000539. The van der Waals surface area contributed by atoms with Crippen molar-refractivity contribution in [3.63, 3.8) is 0 Å². The summed E-state index contributed by atoms with van der Waals surface area (Å²) >= 11 is 1.55. The molecule has 10 saturated carbocycles. The average Bonchev–Trinajstić information content (AvgIpc) is 1.59. The number of carbonyl (C=O) groups is 4. The molecule has 25 atom stereocenters. The van der Waals surface area contributed by atoms with E-state index in [-0.39, 0.29) is 195 Å². The average molecular weight is 2410 g/mol. The summed E-state index contributed by atoms with van der Waals surface area (Å²) in [6.07, 6.45) is 49.2. The maximum Gasteiger partial charge on any atom is 0 e. The number of amides is 3. The Labute approximate surface area is 966 Å². The molecule has 2 aromatic carbocycles. The van der Waals surface area contributed by atoms with E-state index in [0.717, 1.165) is 153 Å². The molecule has 0 bridgehead atoms. The molecule has 10 aliphatic carbocycles. The minimum atomic E-state index is -1.66. The number of anilines is 2. The quantitative estimate of drug-likeness (QED) is 0.0127. The summed E-state index contributed by atoms with van der Waals surface area (Å²) in [6, 6.07) is 18.0. The third-order valence-corrected chi connectivity index (χ3v) is 36.2. The molecule has 0 spiro atoms. The number of fused-ring (bicyclic) bond motifs is 5. The number of hydrogen-bond donors (Lipinski definition) is 5. The van der Waals surface area contributed by atoms with Crippen LogP contribution < -0.4 is 27.0 Å². The molecular formula is C114H175BrCl3N5O4RhY5-5. The largest absolute Gasteiger partial charge is 0 e. The number of carbonyl (C=O) groups excluding carboxylic acids is 4. The van der Waals surface area contributed by atoms with Crippen molar-refractivity contribution in [3.8, 4) is 0 Å². The molecule has 3 amide bonds. The molecule has 15 rings (SSSR count). The van der Waals surface area contributed by atoms with Gasteiger partial charge in [-0.25, -0.2) is 0 Å². The smallest absolute Gasteiger partial charge is 0 e. The number of nitrogens with two attached hydrogens (primary N) is 1. The van der Waals surface area contributed by atoms with Crippen molar-refractivity contribution >= 4 is 80.4 Å². The van der Waals surface area contributed by atoms with E-state index >= 15 is 0 Å². The molecule has 2 saturated heterocycles. The first kappa shape index (κ1) is 128. The molecule has 19 heteroatoms. The van der Waals surface area contributed by atoms with Gasteiger partial charge in [-0.05, 0) is 348 Å². The normalized spacial score (nSPS) is 32.5. The van der Waals surface area contributed by atoms with Gasteiger partial charge in [0.25, 0.3) is 0 Å². The molecule has 5 radical (unpaired) electrons. The zero-order valence-corrected chi connectivity index (χ0v) is 105. The number of nitrogen functional groups attached to an aromatic ring is 1. The van der Waals surface area contributed by atoms with Crippen LogP contribution in [0, 0.1) is 169 Å². The van der Waals surface area contributed by atoms with Crippen molar-refractivity contribution < 1.29 is 197 Å². The SMILES string of the molecule is C=C(C)CBr.Cc1ccc(N)cc1.[CH-]=C1CCC[C@@]2(C)C1CC[C@@H]2C(C)CCC(CC(=C)C)Nc1ccc(C)cc1.[CH-]=C1CCC[C@@]2(C)C1CC[C@@H]2C(C)CCC1C=C(C)C(=O)N1.[CH-]=C1CCC[C@@]2(C)C1CC[C@@H]2C(C)CCC1CC(=C)C(=O)N1.[CH-]=C1CCC[C@@]2(C)C1CC[C@@H]2C(C)CCC1CC(C)C(=O)N1.[CH-]=C1CCC[C@@]2(C)C1CC[C@@H]2C(C)CCC=O.[Cl][Rh]([Cl])[Cl].[HH].[Y].[Y].[Y].[Y].[Y]. The van der Waals surface area contributed by atoms with Gasteiger partial charge in [0.2, 0.25) is 17.7 Å². The third-order valence-electron chi connectivity index (χ3n) is 35.2. The Kier molecular flexibility index (Phi) is 59.0. The van der Waals surface area contributed by atoms with E-state index in [4.69, 9.17) is 67.7 Å². The number of halogens is 4. The van der Waals surface area contributed by atoms with Gasteiger partial charge < -0.3 is 64.7 Å². The van der Waals surface area contributed by atoms with E-state index < -0.39 is 13.0 Å². The van der Waals surface area contributed by atoms with E-state index in [1.54, 1.807) is 0 Å². The van der Waals surface area contributed by atoms with Gasteiger partial charge in [0.05, 0.1) is 0 Å². The van der Waals surface area contributed by atoms with Crippen LogP contribution in [-0.4, -0.2) is 53.5 Å². The fourth-order valence-corrected chi connectivity index (χ4v) is 28.2. The maximum atomic E-state index is 11.6. The summed E-state index contributed by atoms with van der Waals surface area (Å²) in [4.78, 5) is 45.2. The van der Waals surface area contributed by atoms with Gasteiger partial charge in [-0.1, -0.05) is 222 Å². The number of aldehydes is 1. The van der Waals surface area contributed by atoms with Gasteiger partial charge in [0.15, 0.2) is 0 Å². The number of alkyl halides is 1. The predicted molar refractivity (Wildman–Crippen MR) is 547 cm³/mol. The van der Waals surface area contributed by atoms with Crippen molar-refractivity contribution in [2.75, 3.05) is 16.4 Å². The molecule has 9 nitrogen and oxygen atoms in total. The second-order valence-electron chi connectivity index (χ2n) is 44.6. The second kappa shape index (κ2) is 61.2. The summed E-state index contributed by atoms with van der Waals surface area (Å²) in [5.74, 6) is 11.5. The first-order valence-electron chi connectivity index (χ1n) is 50.3. The maximum absolute atomic E-state index is 11.6. The van der Waals surface area contributed by atoms with Crippen molar-refractivity contribution in [1.29, 1.82) is 0 Å². The molecule has 15 unspecified atom stereocenters. The number of benzene rings is 2. The summed E-state index contributed by atoms with van der Waals surface area (Å²) in [5.41, 5.74) is 22.6. The number of allylic oxidation sites excluding steroid dienone is 6. The topological polar surface area (TPSA) is 142 Å². The molecular weight excluding hydrogens is 2240 g/mol. The third kappa shape index (κ3) is 36.4. The fraction of sp³-hybridized carbons (Fsp3) is 0.702. The van der Waals surface area contributed by atoms with Gasteiger partial charge >= 0.3 is 42.1 Å². The van der Waals surface area contributed by atoms with Gasteiger partial charge in [-0.15, -0.1) is 6.58 Å². The number of hydrogen-bond acceptors (Lipinski definition) is 6. The van der Waals surface area contributed by atoms with E-state index in [0.29, 0.717) is 92.5 Å². The van der Waals surface area contributed by atoms with Crippen molar-refractivity contribution in [3.05, 3.63) is 169 Å². The Hall–Kier alpha value is 1.27. The van der Waals surface area contributed by atoms with Gasteiger partial charge in [0, 0.05) is 229 Å². The molecule has 3 heterocycles. The standard InChI is InChI=1S/C27H40N.C20H32NO.2C20H30NO.C16H25O.C7H9N.C4H7Br.3ClH.Rh.5Y.H2/c1-19(2)18-24(28-23-12-9-20(3)10-13-23)14-11-22(5)26-16-15-25-21(4)8-7-17-27(25,26)6;3*1-13-6-5-11-20(4)17(13)9-10-18(20)14(2)7-8-16-12-15(3)19(22)21-16;1-12-6-4-10-16(3)14(12)8-9-15(16)13(2)7-5-11-17;1-6-2-4-7(8)5-3-6;1-4(2)3-5;;;;;;;;;;/h4,9-10,12-13,22,24-26,28H,1,7-8,11,14-18H2,2-3,5-6H3;1,14-18H,5-12H2,2-4H3,(H,21,22);1,12,14,16-18H,5-11H2,2-4H3,(H,21,22);1,14,16-18H,3,5-12H2,2,4H3,(H,21,22);1,11,13-15H,4-10H2,2-3H3;2-5H,8H2,1H3;1,3H2,2H3;3*1H;;;;;;;1H/q5*-1;;;;;;+3;;;;;;/p-3/t22?,24?,25?,26-,27+;14?,15?,16?,17?,18-,20+;2*14?,16?,17?,18-,20+;13?,14?,15-,16+;;;;;;;;;;;;/m11111............/s1. The zero-order chi connectivity index (χ0) is 94.3. The Morgan fingerprint density at radius 3 is 1.14 bits per heavy atom. The van der Waals surface area contributed by atoms with E-state index in [9.17, 15) is 19.2 Å². The van der Waals surface area contributed by atoms with E-state index in [1.807, 2.05) is 52.0 Å². The summed E-state index contributed by atoms with van der Waals surface area (Å²) < 4.78 is 0. The number of aryl methyl sites for hydroxylation is 2. The van der Waals surface area contributed by atoms with Gasteiger partial charge in [-0.3, -0.25) is 42.2 Å². The predicted octanol–water partition coefficient (Wildman–Crippen LogP) is 31.1. The minimum Gasteiger partial charge on any atom is 0 e. The number of nitrogens with one attached hydrogen (secondary N) is 4. The van der Waals surface area contributed by atoms with E-state index in [2.05, 4.69) is 170 Å². The molecule has 133 heavy (non-hydrogen) atoms. The molecule has 0 aromatic heterocycles. The van der Waals surface area contributed by atoms with Crippen LogP contribution in [-0.2, 0) is 196 Å². The summed E-state index contributed by atoms with van der Waals surface area (Å²) in [7, 11) is 14.8. The second-order valence-corrected chi connectivity index (χ2v) is 52.6. The van der Waals surface area contributed by atoms with Crippen LogP contribution in [0.1, 0.15) is 353 Å². The van der Waals surface area contributed by atoms with Crippen LogP contribution in [0.25, 0.3) is 0 Å². The van der Waals surface area contributed by atoms with Gasteiger partial charge in [0.1, 0.15) is 6.29 Å². The zero-order valence-electron chi connectivity index (χ0n) is 85.3. The minimum absolute atomic E-state index is 0. The van der Waals surface area contributed by atoms with Crippen molar-refractivity contribution in [1.82, 2.24) is 16.0 Å². The fourth-order valence-electron chi connectivity index (χ4n) is 28.2. The van der Waals surface area contributed by atoms with Crippen LogP contribution >= 0.6 is 45.0 Å². The molecule has 13 aliphatic rings. The Morgan fingerprint density at radius 1 is 0.511 bits per heavy atom. The monoisotopic (exact) mass is 2410 g/mol. The van der Waals surface area contributed by atoms with E-state index in [1.165, 1.54) is 216 Å². The van der Waals surface area contributed by atoms with Crippen LogP contribution in [0.5, 0.6) is 0 Å². The molecule has 2 aromatic rings.